The van der Waals surface area contributed by atoms with Gasteiger partial charge in [-0.2, -0.15) is 0 Å². The van der Waals surface area contributed by atoms with Gasteiger partial charge < -0.3 is 14.6 Å². The van der Waals surface area contributed by atoms with Crippen molar-refractivity contribution in [2.45, 2.75) is 20.4 Å². The standard InChI is InChI=1S/C14H13NO3/c1-7-13-9(3-4-12(16)18-13)5-10-11(6-15)8(2)17-14(7)10/h3-5H,6,15H2,1-2H3. The summed E-state index contributed by atoms with van der Waals surface area (Å²) in [6, 6.07) is 5.14. The first-order valence-corrected chi connectivity index (χ1v) is 5.77. The summed E-state index contributed by atoms with van der Waals surface area (Å²) in [6.45, 7) is 4.21. The molecule has 0 saturated heterocycles. The number of aryl methyl sites for hydroxylation is 2. The van der Waals surface area contributed by atoms with E-state index >= 15 is 0 Å². The molecule has 2 N–H and O–H groups in total. The van der Waals surface area contributed by atoms with Crippen molar-refractivity contribution in [3.63, 3.8) is 0 Å². The highest BCUT2D eigenvalue weighted by molar-refractivity contribution is 5.98. The third kappa shape index (κ3) is 1.39. The monoisotopic (exact) mass is 243 g/mol. The highest BCUT2D eigenvalue weighted by Gasteiger charge is 2.15. The van der Waals surface area contributed by atoms with Crippen molar-refractivity contribution in [3.05, 3.63) is 45.5 Å². The third-order valence-corrected chi connectivity index (χ3v) is 3.30. The minimum Gasteiger partial charge on any atom is -0.461 e. The quantitative estimate of drug-likeness (QED) is 0.667. The van der Waals surface area contributed by atoms with E-state index in [9.17, 15) is 4.79 Å². The molecule has 92 valence electrons. The zero-order valence-corrected chi connectivity index (χ0v) is 10.2. The van der Waals surface area contributed by atoms with E-state index in [4.69, 9.17) is 14.6 Å². The molecule has 0 unspecified atom stereocenters. The van der Waals surface area contributed by atoms with Gasteiger partial charge in [0.1, 0.15) is 16.9 Å². The Morgan fingerprint density at radius 3 is 2.67 bits per heavy atom. The summed E-state index contributed by atoms with van der Waals surface area (Å²) >= 11 is 0. The molecule has 0 amide bonds. The van der Waals surface area contributed by atoms with Gasteiger partial charge in [0.25, 0.3) is 0 Å². The fourth-order valence-electron chi connectivity index (χ4n) is 2.37. The van der Waals surface area contributed by atoms with Crippen molar-refractivity contribution in [1.29, 1.82) is 0 Å². The highest BCUT2D eigenvalue weighted by Crippen LogP contribution is 2.32. The first-order valence-electron chi connectivity index (χ1n) is 5.77. The second kappa shape index (κ2) is 3.71. The summed E-state index contributed by atoms with van der Waals surface area (Å²) in [6.07, 6.45) is 0. The van der Waals surface area contributed by atoms with Gasteiger partial charge in [-0.1, -0.05) is 0 Å². The molecule has 18 heavy (non-hydrogen) atoms. The molecule has 2 heterocycles. The van der Waals surface area contributed by atoms with Crippen LogP contribution in [0.1, 0.15) is 16.9 Å². The minimum atomic E-state index is -0.354. The van der Waals surface area contributed by atoms with Crippen LogP contribution in [0.3, 0.4) is 0 Å². The average Bonchev–Trinajstić information content (AvgIpc) is 2.67. The van der Waals surface area contributed by atoms with Gasteiger partial charge in [-0.3, -0.25) is 0 Å². The van der Waals surface area contributed by atoms with Crippen LogP contribution < -0.4 is 11.4 Å². The van der Waals surface area contributed by atoms with Gasteiger partial charge in [0, 0.05) is 34.5 Å². The highest BCUT2D eigenvalue weighted by atomic mass is 16.4. The van der Waals surface area contributed by atoms with Crippen molar-refractivity contribution < 1.29 is 8.83 Å². The van der Waals surface area contributed by atoms with E-state index in [1.165, 1.54) is 6.07 Å². The molecule has 0 fully saturated rings. The molecular formula is C14H13NO3. The summed E-state index contributed by atoms with van der Waals surface area (Å²) in [7, 11) is 0. The first-order chi connectivity index (χ1) is 8.61. The lowest BCUT2D eigenvalue weighted by Crippen LogP contribution is -1.98. The summed E-state index contributed by atoms with van der Waals surface area (Å²) < 4.78 is 11.0. The lowest BCUT2D eigenvalue weighted by molar-refractivity contribution is 0.551. The molecule has 4 nitrogen and oxygen atoms in total. The van der Waals surface area contributed by atoms with Crippen molar-refractivity contribution >= 4 is 21.9 Å². The Morgan fingerprint density at radius 2 is 1.94 bits per heavy atom. The van der Waals surface area contributed by atoms with Gasteiger partial charge in [0.2, 0.25) is 0 Å². The first kappa shape index (κ1) is 11.0. The minimum absolute atomic E-state index is 0.354. The number of nitrogens with two attached hydrogens (primary N) is 1. The number of hydrogen-bond donors (Lipinski definition) is 1. The maximum atomic E-state index is 11.3. The molecule has 2 aromatic heterocycles. The van der Waals surface area contributed by atoms with Gasteiger partial charge in [-0.25, -0.2) is 4.79 Å². The zero-order chi connectivity index (χ0) is 12.9. The number of hydrogen-bond acceptors (Lipinski definition) is 4. The van der Waals surface area contributed by atoms with Crippen LogP contribution in [0.4, 0.5) is 0 Å². The van der Waals surface area contributed by atoms with E-state index in [1.54, 1.807) is 6.07 Å². The Hall–Kier alpha value is -2.07. The van der Waals surface area contributed by atoms with E-state index in [0.29, 0.717) is 12.1 Å². The van der Waals surface area contributed by atoms with Gasteiger partial charge in [0.05, 0.1) is 0 Å². The van der Waals surface area contributed by atoms with Crippen LogP contribution in [-0.2, 0) is 6.54 Å². The van der Waals surface area contributed by atoms with E-state index in [-0.39, 0.29) is 5.63 Å². The molecular weight excluding hydrogens is 230 g/mol. The normalized spacial score (nSPS) is 11.5. The van der Waals surface area contributed by atoms with Crippen LogP contribution >= 0.6 is 0 Å². The molecule has 0 aliphatic carbocycles. The lowest BCUT2D eigenvalue weighted by atomic mass is 10.0. The van der Waals surface area contributed by atoms with Gasteiger partial charge in [0.15, 0.2) is 0 Å². The molecule has 0 spiro atoms. The van der Waals surface area contributed by atoms with E-state index in [1.807, 2.05) is 19.9 Å². The fraction of sp³-hybridized carbons (Fsp3) is 0.214. The van der Waals surface area contributed by atoms with Crippen LogP contribution in [0.25, 0.3) is 21.9 Å². The second-order valence-electron chi connectivity index (χ2n) is 4.39. The predicted octanol–water partition coefficient (Wildman–Crippen LogP) is 2.61. The Labute approximate surface area is 103 Å². The molecule has 0 bridgehead atoms. The molecule has 0 aliphatic heterocycles. The van der Waals surface area contributed by atoms with Gasteiger partial charge in [-0.15, -0.1) is 0 Å². The number of fused-ring (bicyclic) bond motifs is 2. The van der Waals surface area contributed by atoms with Crippen molar-refractivity contribution in [1.82, 2.24) is 0 Å². The Kier molecular flexibility index (Phi) is 2.28. The van der Waals surface area contributed by atoms with Crippen molar-refractivity contribution in [3.8, 4) is 0 Å². The average molecular weight is 243 g/mol. The summed E-state index contributed by atoms with van der Waals surface area (Å²) in [5.41, 5.74) is 8.55. The van der Waals surface area contributed by atoms with Crippen LogP contribution in [-0.4, -0.2) is 0 Å². The van der Waals surface area contributed by atoms with Gasteiger partial charge >= 0.3 is 5.63 Å². The molecule has 0 atom stereocenters. The summed E-state index contributed by atoms with van der Waals surface area (Å²) in [5, 5.41) is 1.88. The molecule has 1 aromatic carbocycles. The molecule has 3 rings (SSSR count). The molecule has 0 saturated carbocycles. The van der Waals surface area contributed by atoms with Crippen molar-refractivity contribution in [2.75, 3.05) is 0 Å². The van der Waals surface area contributed by atoms with E-state index in [2.05, 4.69) is 0 Å². The van der Waals surface area contributed by atoms with Crippen molar-refractivity contribution in [2.24, 2.45) is 5.73 Å². The molecule has 4 heteroatoms. The largest absolute Gasteiger partial charge is 0.461 e. The maximum absolute atomic E-state index is 11.3. The van der Waals surface area contributed by atoms with Crippen LogP contribution in [0.15, 0.2) is 31.8 Å². The second-order valence-corrected chi connectivity index (χ2v) is 4.39. The third-order valence-electron chi connectivity index (χ3n) is 3.30. The predicted molar refractivity (Wildman–Crippen MR) is 69.6 cm³/mol. The van der Waals surface area contributed by atoms with Crippen LogP contribution in [0.5, 0.6) is 0 Å². The van der Waals surface area contributed by atoms with Crippen LogP contribution in [0.2, 0.25) is 0 Å². The summed E-state index contributed by atoms with van der Waals surface area (Å²) in [5.74, 6) is 0.813. The van der Waals surface area contributed by atoms with E-state index < -0.39 is 0 Å². The topological polar surface area (TPSA) is 69.4 Å². The summed E-state index contributed by atoms with van der Waals surface area (Å²) in [4.78, 5) is 11.3. The number of furan rings is 1. The number of rotatable bonds is 1. The Bertz CT molecular complexity index is 811. The van der Waals surface area contributed by atoms with E-state index in [0.717, 1.165) is 33.2 Å². The van der Waals surface area contributed by atoms with Gasteiger partial charge in [-0.05, 0) is 26.0 Å². The molecule has 0 radical (unpaired) electrons. The number of benzene rings is 1. The lowest BCUT2D eigenvalue weighted by Gasteiger charge is -2.01. The Balaban J connectivity index is 2.56. The van der Waals surface area contributed by atoms with Crippen LogP contribution in [0, 0.1) is 13.8 Å². The smallest absolute Gasteiger partial charge is 0.336 e. The molecule has 0 aliphatic rings. The Morgan fingerprint density at radius 1 is 1.17 bits per heavy atom. The fourth-order valence-corrected chi connectivity index (χ4v) is 2.37. The maximum Gasteiger partial charge on any atom is 0.336 e. The molecule has 3 aromatic rings. The SMILES string of the molecule is Cc1oc2c(C)c3oc(=O)ccc3cc2c1CN. The zero-order valence-electron chi connectivity index (χ0n) is 10.2.